The Morgan fingerprint density at radius 1 is 1.00 bits per heavy atom. The molecule has 0 saturated carbocycles. The van der Waals surface area contributed by atoms with E-state index >= 15 is 0 Å². The van der Waals surface area contributed by atoms with Gasteiger partial charge < -0.3 is 14.8 Å². The average Bonchev–Trinajstić information content (AvgIpc) is 2.55. The van der Waals surface area contributed by atoms with Crippen molar-refractivity contribution in [3.05, 3.63) is 60.2 Å². The molecule has 0 radical (unpaired) electrons. The van der Waals surface area contributed by atoms with Crippen molar-refractivity contribution in [2.24, 2.45) is 0 Å². The quantitative estimate of drug-likeness (QED) is 0.862. The molecule has 5 nitrogen and oxygen atoms in total. The summed E-state index contributed by atoms with van der Waals surface area (Å²) >= 11 is 0. The first-order valence-corrected chi connectivity index (χ1v) is 6.81. The number of benzene rings is 2. The van der Waals surface area contributed by atoms with Crippen LogP contribution >= 0.6 is 0 Å². The standard InChI is InChI=1S/C17H17NO4/c1-12(16(19)18-14-6-4-3-5-7-14)22-17(20)13-8-10-15(21-2)11-9-13/h3-12H,1-2H3,(H,18,19). The number of amides is 1. The van der Waals surface area contributed by atoms with E-state index in [9.17, 15) is 9.59 Å². The van der Waals surface area contributed by atoms with Crippen LogP contribution in [-0.2, 0) is 9.53 Å². The number of rotatable bonds is 5. The Balaban J connectivity index is 1.93. The molecule has 22 heavy (non-hydrogen) atoms. The normalized spacial score (nSPS) is 11.4. The van der Waals surface area contributed by atoms with E-state index in [0.717, 1.165) is 0 Å². The zero-order chi connectivity index (χ0) is 15.9. The minimum atomic E-state index is -0.894. The number of carbonyl (C=O) groups is 2. The van der Waals surface area contributed by atoms with E-state index in [-0.39, 0.29) is 5.91 Å². The maximum Gasteiger partial charge on any atom is 0.338 e. The topological polar surface area (TPSA) is 64.6 Å². The van der Waals surface area contributed by atoms with Crippen LogP contribution in [0.1, 0.15) is 17.3 Å². The van der Waals surface area contributed by atoms with E-state index in [1.165, 1.54) is 6.92 Å². The third kappa shape index (κ3) is 4.09. The first kappa shape index (κ1) is 15.6. The summed E-state index contributed by atoms with van der Waals surface area (Å²) in [5.74, 6) is -0.294. The molecule has 0 bridgehead atoms. The van der Waals surface area contributed by atoms with Crippen molar-refractivity contribution < 1.29 is 19.1 Å². The minimum absolute atomic E-state index is 0.361. The second-order valence-corrected chi connectivity index (χ2v) is 4.63. The fourth-order valence-electron chi connectivity index (χ4n) is 1.77. The Labute approximate surface area is 128 Å². The van der Waals surface area contributed by atoms with Crippen LogP contribution in [0, 0.1) is 0 Å². The zero-order valence-electron chi connectivity index (χ0n) is 12.4. The van der Waals surface area contributed by atoms with Crippen LogP contribution in [0.2, 0.25) is 0 Å². The van der Waals surface area contributed by atoms with Gasteiger partial charge in [-0.1, -0.05) is 18.2 Å². The average molecular weight is 299 g/mol. The fourth-order valence-corrected chi connectivity index (χ4v) is 1.77. The first-order valence-electron chi connectivity index (χ1n) is 6.81. The fraction of sp³-hybridized carbons (Fsp3) is 0.176. The van der Waals surface area contributed by atoms with Crippen LogP contribution < -0.4 is 10.1 Å². The number of methoxy groups -OCH3 is 1. The van der Waals surface area contributed by atoms with Gasteiger partial charge in [0.25, 0.3) is 5.91 Å². The second-order valence-electron chi connectivity index (χ2n) is 4.63. The molecule has 1 unspecified atom stereocenters. The first-order chi connectivity index (χ1) is 10.6. The van der Waals surface area contributed by atoms with Crippen molar-refractivity contribution in [3.8, 4) is 5.75 Å². The van der Waals surface area contributed by atoms with Crippen LogP contribution in [0.4, 0.5) is 5.69 Å². The van der Waals surface area contributed by atoms with E-state index < -0.39 is 12.1 Å². The molecule has 0 spiro atoms. The number of ether oxygens (including phenoxy) is 2. The second kappa shape index (κ2) is 7.26. The molecule has 0 fully saturated rings. The van der Waals surface area contributed by atoms with Crippen LogP contribution in [0.15, 0.2) is 54.6 Å². The summed E-state index contributed by atoms with van der Waals surface area (Å²) in [5.41, 5.74) is 1.01. The number of carbonyl (C=O) groups excluding carboxylic acids is 2. The summed E-state index contributed by atoms with van der Waals surface area (Å²) in [6.07, 6.45) is -0.894. The molecule has 1 N–H and O–H groups in total. The Bertz CT molecular complexity index is 637. The highest BCUT2D eigenvalue weighted by molar-refractivity contribution is 5.97. The molecule has 2 rings (SSSR count). The van der Waals surface area contributed by atoms with Gasteiger partial charge in [-0.25, -0.2) is 4.79 Å². The van der Waals surface area contributed by atoms with Gasteiger partial charge in [-0.2, -0.15) is 0 Å². The molecule has 1 amide bonds. The number of esters is 1. The molecule has 0 heterocycles. The van der Waals surface area contributed by atoms with Crippen molar-refractivity contribution in [1.82, 2.24) is 0 Å². The van der Waals surface area contributed by atoms with Gasteiger partial charge in [-0.05, 0) is 43.3 Å². The number of anilines is 1. The molecular weight excluding hydrogens is 282 g/mol. The third-order valence-corrected chi connectivity index (χ3v) is 3.02. The molecule has 114 valence electrons. The highest BCUT2D eigenvalue weighted by Gasteiger charge is 2.19. The molecule has 0 aromatic heterocycles. The summed E-state index contributed by atoms with van der Waals surface area (Å²) in [4.78, 5) is 23.9. The molecule has 0 aliphatic heterocycles. The van der Waals surface area contributed by atoms with Gasteiger partial charge in [0.2, 0.25) is 0 Å². The maximum atomic E-state index is 12.0. The number of hydrogen-bond acceptors (Lipinski definition) is 4. The highest BCUT2D eigenvalue weighted by Crippen LogP contribution is 2.13. The van der Waals surface area contributed by atoms with Gasteiger partial charge in [0.1, 0.15) is 5.75 Å². The van der Waals surface area contributed by atoms with E-state index in [2.05, 4.69) is 5.32 Å². The highest BCUT2D eigenvalue weighted by atomic mass is 16.5. The predicted octanol–water partition coefficient (Wildman–Crippen LogP) is 2.88. The van der Waals surface area contributed by atoms with Gasteiger partial charge in [0, 0.05) is 5.69 Å². The molecule has 0 aliphatic rings. The number of nitrogens with one attached hydrogen (secondary N) is 1. The molecule has 0 saturated heterocycles. The Morgan fingerprint density at radius 3 is 2.23 bits per heavy atom. The number of hydrogen-bond donors (Lipinski definition) is 1. The van der Waals surface area contributed by atoms with Crippen LogP contribution in [0.25, 0.3) is 0 Å². The summed E-state index contributed by atoms with van der Waals surface area (Å²) in [6.45, 7) is 1.53. The van der Waals surface area contributed by atoms with E-state index in [1.807, 2.05) is 18.2 Å². The van der Waals surface area contributed by atoms with Crippen molar-refractivity contribution in [1.29, 1.82) is 0 Å². The summed E-state index contributed by atoms with van der Waals surface area (Å²) in [7, 11) is 1.54. The maximum absolute atomic E-state index is 12.0. The van der Waals surface area contributed by atoms with Crippen molar-refractivity contribution >= 4 is 17.6 Å². The SMILES string of the molecule is COc1ccc(C(=O)OC(C)C(=O)Nc2ccccc2)cc1. The zero-order valence-corrected chi connectivity index (χ0v) is 12.4. The van der Waals surface area contributed by atoms with Gasteiger partial charge in [0.15, 0.2) is 6.10 Å². The Morgan fingerprint density at radius 2 is 1.64 bits per heavy atom. The van der Waals surface area contributed by atoms with Gasteiger partial charge in [-0.15, -0.1) is 0 Å². The van der Waals surface area contributed by atoms with E-state index in [1.54, 1.807) is 43.5 Å². The van der Waals surface area contributed by atoms with Crippen LogP contribution in [0.3, 0.4) is 0 Å². The monoisotopic (exact) mass is 299 g/mol. The molecule has 2 aromatic rings. The third-order valence-electron chi connectivity index (χ3n) is 3.02. The lowest BCUT2D eigenvalue weighted by molar-refractivity contribution is -0.123. The van der Waals surface area contributed by atoms with Crippen molar-refractivity contribution in [2.45, 2.75) is 13.0 Å². The van der Waals surface area contributed by atoms with Crippen molar-refractivity contribution in [3.63, 3.8) is 0 Å². The van der Waals surface area contributed by atoms with Gasteiger partial charge >= 0.3 is 5.97 Å². The molecule has 2 aromatic carbocycles. The summed E-state index contributed by atoms with van der Waals surface area (Å²) in [6, 6.07) is 15.5. The molecular formula is C17H17NO4. The smallest absolute Gasteiger partial charge is 0.338 e. The lowest BCUT2D eigenvalue weighted by Gasteiger charge is -2.13. The minimum Gasteiger partial charge on any atom is -0.497 e. The van der Waals surface area contributed by atoms with Crippen LogP contribution in [0.5, 0.6) is 5.75 Å². The largest absolute Gasteiger partial charge is 0.497 e. The summed E-state index contributed by atoms with van der Waals surface area (Å²) < 4.78 is 10.2. The van der Waals surface area contributed by atoms with Crippen molar-refractivity contribution in [2.75, 3.05) is 12.4 Å². The Kier molecular flexibility index (Phi) is 5.14. The lowest BCUT2D eigenvalue weighted by atomic mass is 10.2. The summed E-state index contributed by atoms with van der Waals surface area (Å²) in [5, 5.41) is 2.68. The van der Waals surface area contributed by atoms with Gasteiger partial charge in [-0.3, -0.25) is 4.79 Å². The predicted molar refractivity (Wildman–Crippen MR) is 82.9 cm³/mol. The van der Waals surface area contributed by atoms with Crippen LogP contribution in [-0.4, -0.2) is 25.1 Å². The molecule has 0 aliphatic carbocycles. The van der Waals surface area contributed by atoms with E-state index in [0.29, 0.717) is 17.0 Å². The molecule has 5 heteroatoms. The van der Waals surface area contributed by atoms with E-state index in [4.69, 9.17) is 9.47 Å². The lowest BCUT2D eigenvalue weighted by Crippen LogP contribution is -2.29. The van der Waals surface area contributed by atoms with Gasteiger partial charge in [0.05, 0.1) is 12.7 Å². The molecule has 1 atom stereocenters. The Hall–Kier alpha value is -2.82. The number of para-hydroxylation sites is 1.